The Morgan fingerprint density at radius 1 is 1.06 bits per heavy atom. The molecule has 2 nitrogen and oxygen atoms in total. The van der Waals surface area contributed by atoms with Gasteiger partial charge in [-0.1, -0.05) is 26.7 Å². The predicted molar refractivity (Wildman–Crippen MR) is 69.4 cm³/mol. The van der Waals surface area contributed by atoms with Crippen molar-refractivity contribution < 1.29 is 4.42 Å². The molecule has 0 aliphatic rings. The number of rotatable bonds is 7. The van der Waals surface area contributed by atoms with Crippen LogP contribution in [0.3, 0.4) is 0 Å². The number of unbranched alkanes of at least 4 members (excludes halogenated alkanes) is 2. The quantitative estimate of drug-likeness (QED) is 0.691. The van der Waals surface area contributed by atoms with Crippen LogP contribution in [0.15, 0.2) is 22.6 Å². The van der Waals surface area contributed by atoms with Gasteiger partial charge in [0.1, 0.15) is 5.58 Å². The Morgan fingerprint density at radius 2 is 1.75 bits per heavy atom. The lowest BCUT2D eigenvalue weighted by atomic mass is 10.2. The Balaban J connectivity index is 2.07. The molecule has 0 saturated heterocycles. The maximum Gasteiger partial charge on any atom is 0.150 e. The zero-order chi connectivity index (χ0) is 11.4. The van der Waals surface area contributed by atoms with E-state index in [1.54, 1.807) is 0 Å². The smallest absolute Gasteiger partial charge is 0.150 e. The van der Waals surface area contributed by atoms with Crippen LogP contribution in [0.5, 0.6) is 0 Å². The minimum Gasteiger partial charge on any atom is -0.455 e. The molecule has 2 heteroatoms. The number of hydrogen-bond donors (Lipinski definition) is 0. The fraction of sp³-hybridized carbons (Fsp3) is 0.571. The van der Waals surface area contributed by atoms with E-state index in [1.165, 1.54) is 31.4 Å². The fourth-order valence-electron chi connectivity index (χ4n) is 2.07. The number of fused-ring (bicyclic) bond motifs is 2. The number of nitrogens with zero attached hydrogens (tertiary/aromatic N) is 1. The van der Waals surface area contributed by atoms with Gasteiger partial charge in [0.25, 0.3) is 0 Å². The second-order valence-electron chi connectivity index (χ2n) is 4.43. The number of furan rings is 2. The highest BCUT2D eigenvalue weighted by Crippen LogP contribution is 2.30. The Labute approximate surface area is 97.6 Å². The Hall–Kier alpha value is -1.18. The maximum atomic E-state index is 5.61. The first-order valence-electron chi connectivity index (χ1n) is 6.42. The standard InChI is InChI=1S/C14H21NO/c1-3-5-9-15(10-6-4-2)13-11-12-7-8-14(13)16-12/h7-8,11H,3-6,9-10H2,1-2H3. The highest BCUT2D eigenvalue weighted by Gasteiger charge is 2.13. The van der Waals surface area contributed by atoms with Gasteiger partial charge in [-0.3, -0.25) is 0 Å². The number of hydrogen-bond acceptors (Lipinski definition) is 2. The lowest BCUT2D eigenvalue weighted by Gasteiger charge is -2.23. The third-order valence-corrected chi connectivity index (χ3v) is 3.06. The van der Waals surface area contributed by atoms with Crippen LogP contribution in [0.2, 0.25) is 0 Å². The van der Waals surface area contributed by atoms with Crippen molar-refractivity contribution in [3.8, 4) is 0 Å². The summed E-state index contributed by atoms with van der Waals surface area (Å²) < 4.78 is 5.61. The summed E-state index contributed by atoms with van der Waals surface area (Å²) in [5.74, 6) is 0. The van der Waals surface area contributed by atoms with Crippen LogP contribution in [-0.4, -0.2) is 13.1 Å². The first kappa shape index (κ1) is 11.3. The average molecular weight is 219 g/mol. The second-order valence-corrected chi connectivity index (χ2v) is 4.43. The molecule has 0 aromatic carbocycles. The third kappa shape index (κ3) is 2.31. The summed E-state index contributed by atoms with van der Waals surface area (Å²) in [7, 11) is 0. The van der Waals surface area contributed by atoms with Crippen molar-refractivity contribution in [2.45, 2.75) is 39.5 Å². The van der Waals surface area contributed by atoms with Gasteiger partial charge in [-0.05, 0) is 25.0 Å². The zero-order valence-corrected chi connectivity index (χ0v) is 10.3. The summed E-state index contributed by atoms with van der Waals surface area (Å²) in [6.45, 7) is 6.78. The molecule has 0 N–H and O–H groups in total. The zero-order valence-electron chi connectivity index (χ0n) is 10.3. The van der Waals surface area contributed by atoms with E-state index in [1.807, 2.05) is 6.07 Å². The molecule has 2 rings (SSSR count). The normalized spacial score (nSPS) is 11.4. The minimum atomic E-state index is 1.00. The summed E-state index contributed by atoms with van der Waals surface area (Å²) >= 11 is 0. The van der Waals surface area contributed by atoms with Crippen LogP contribution >= 0.6 is 0 Å². The first-order chi connectivity index (χ1) is 7.85. The summed E-state index contributed by atoms with van der Waals surface area (Å²) in [4.78, 5) is 2.47. The van der Waals surface area contributed by atoms with E-state index in [-0.39, 0.29) is 0 Å². The molecule has 2 bridgehead atoms. The molecular formula is C14H21NO. The molecule has 2 aromatic rings. The van der Waals surface area contributed by atoms with Crippen LogP contribution in [0.1, 0.15) is 39.5 Å². The fourth-order valence-corrected chi connectivity index (χ4v) is 2.07. The predicted octanol–water partition coefficient (Wildman–Crippen LogP) is 4.28. The van der Waals surface area contributed by atoms with Gasteiger partial charge in [0, 0.05) is 19.2 Å². The van der Waals surface area contributed by atoms with Crippen molar-refractivity contribution in [1.82, 2.24) is 0 Å². The van der Waals surface area contributed by atoms with E-state index in [2.05, 4.69) is 30.9 Å². The van der Waals surface area contributed by atoms with E-state index in [9.17, 15) is 0 Å². The molecule has 2 aromatic heterocycles. The molecule has 16 heavy (non-hydrogen) atoms. The van der Waals surface area contributed by atoms with E-state index in [4.69, 9.17) is 4.42 Å². The van der Waals surface area contributed by atoms with Gasteiger partial charge in [-0.15, -0.1) is 0 Å². The lowest BCUT2D eigenvalue weighted by molar-refractivity contribution is 0.660. The van der Waals surface area contributed by atoms with Crippen molar-refractivity contribution in [2.75, 3.05) is 18.0 Å². The second kappa shape index (κ2) is 5.24. The lowest BCUT2D eigenvalue weighted by Crippen LogP contribution is -2.25. The molecule has 0 saturated carbocycles. The summed E-state index contributed by atoms with van der Waals surface area (Å²) in [6, 6.07) is 6.28. The average Bonchev–Trinajstić information content (AvgIpc) is 2.91. The monoisotopic (exact) mass is 219 g/mol. The molecule has 88 valence electrons. The van der Waals surface area contributed by atoms with Crippen LogP contribution < -0.4 is 4.90 Å². The van der Waals surface area contributed by atoms with Crippen molar-refractivity contribution in [3.05, 3.63) is 18.2 Å². The Kier molecular flexibility index (Phi) is 3.70. The van der Waals surface area contributed by atoms with Crippen LogP contribution in [-0.2, 0) is 0 Å². The van der Waals surface area contributed by atoms with E-state index in [0.29, 0.717) is 0 Å². The van der Waals surface area contributed by atoms with Crippen molar-refractivity contribution in [2.24, 2.45) is 0 Å². The molecule has 0 radical (unpaired) electrons. The molecule has 0 aliphatic heterocycles. The summed E-state index contributed by atoms with van der Waals surface area (Å²) in [5, 5.41) is 0. The van der Waals surface area contributed by atoms with Gasteiger partial charge in [-0.2, -0.15) is 0 Å². The molecule has 0 fully saturated rings. The van der Waals surface area contributed by atoms with Gasteiger partial charge in [0.05, 0.1) is 5.69 Å². The molecule has 0 spiro atoms. The molecule has 2 heterocycles. The topological polar surface area (TPSA) is 16.4 Å². The van der Waals surface area contributed by atoms with E-state index in [0.717, 1.165) is 24.3 Å². The first-order valence-corrected chi connectivity index (χ1v) is 6.42. The van der Waals surface area contributed by atoms with Gasteiger partial charge >= 0.3 is 0 Å². The molecular weight excluding hydrogens is 198 g/mol. The minimum absolute atomic E-state index is 1.00. The van der Waals surface area contributed by atoms with Gasteiger partial charge in [-0.25, -0.2) is 0 Å². The Bertz CT molecular complexity index is 399. The van der Waals surface area contributed by atoms with E-state index < -0.39 is 0 Å². The highest BCUT2D eigenvalue weighted by atomic mass is 16.3. The van der Waals surface area contributed by atoms with Crippen LogP contribution in [0, 0.1) is 0 Å². The van der Waals surface area contributed by atoms with Gasteiger partial charge in [0.15, 0.2) is 5.58 Å². The molecule has 0 aliphatic carbocycles. The van der Waals surface area contributed by atoms with Gasteiger partial charge < -0.3 is 9.32 Å². The maximum absolute atomic E-state index is 5.61. The summed E-state index contributed by atoms with van der Waals surface area (Å²) in [6.07, 6.45) is 5.01. The van der Waals surface area contributed by atoms with Crippen molar-refractivity contribution >= 4 is 16.9 Å². The number of benzene rings is 1. The SMILES string of the molecule is CCCCN(CCCC)c1cc2ccc1o2. The highest BCUT2D eigenvalue weighted by molar-refractivity contribution is 5.80. The molecule has 0 amide bonds. The molecule has 0 unspecified atom stereocenters. The number of anilines is 1. The van der Waals surface area contributed by atoms with E-state index >= 15 is 0 Å². The molecule has 0 atom stereocenters. The largest absolute Gasteiger partial charge is 0.455 e. The van der Waals surface area contributed by atoms with Gasteiger partial charge in [0.2, 0.25) is 0 Å². The van der Waals surface area contributed by atoms with Crippen LogP contribution in [0.4, 0.5) is 5.69 Å². The third-order valence-electron chi connectivity index (χ3n) is 3.06. The Morgan fingerprint density at radius 3 is 2.19 bits per heavy atom. The summed E-state index contributed by atoms with van der Waals surface area (Å²) in [5.41, 5.74) is 3.34. The van der Waals surface area contributed by atoms with Crippen molar-refractivity contribution in [3.63, 3.8) is 0 Å². The van der Waals surface area contributed by atoms with Crippen LogP contribution in [0.25, 0.3) is 11.2 Å². The van der Waals surface area contributed by atoms with Crippen molar-refractivity contribution in [1.29, 1.82) is 0 Å².